The van der Waals surface area contributed by atoms with Gasteiger partial charge in [-0.25, -0.2) is 17.7 Å². The first-order valence-corrected chi connectivity index (χ1v) is 10.4. The van der Waals surface area contributed by atoms with Gasteiger partial charge in [-0.1, -0.05) is 12.8 Å². The lowest BCUT2D eigenvalue weighted by Gasteiger charge is -2.11. The molecule has 8 heteroatoms. The summed E-state index contributed by atoms with van der Waals surface area (Å²) in [6.45, 7) is 2.74. The lowest BCUT2D eigenvalue weighted by Crippen LogP contribution is -2.22. The molecule has 2 aromatic rings. The molecule has 142 valence electrons. The molecule has 1 fully saturated rings. The zero-order valence-corrected chi connectivity index (χ0v) is 16.3. The van der Waals surface area contributed by atoms with E-state index in [2.05, 4.69) is 4.98 Å². The fourth-order valence-corrected chi connectivity index (χ4v) is 4.33. The predicted octanol–water partition coefficient (Wildman–Crippen LogP) is 2.54. The number of nitrogens with zero attached hydrogens (tertiary/aromatic N) is 3. The van der Waals surface area contributed by atoms with E-state index in [-0.39, 0.29) is 23.4 Å². The number of rotatable bonds is 6. The van der Waals surface area contributed by atoms with Crippen LogP contribution in [0.4, 0.5) is 0 Å². The van der Waals surface area contributed by atoms with E-state index in [9.17, 15) is 13.2 Å². The minimum atomic E-state index is -3.52. The largest absolute Gasteiger partial charge is 0.457 e. The Bertz CT molecular complexity index is 912. The highest BCUT2D eigenvalue weighted by molar-refractivity contribution is 7.89. The van der Waals surface area contributed by atoms with Gasteiger partial charge in [0.1, 0.15) is 12.4 Å². The summed E-state index contributed by atoms with van der Waals surface area (Å²) in [5, 5.41) is 0. The van der Waals surface area contributed by atoms with Crippen molar-refractivity contribution in [1.29, 1.82) is 0 Å². The van der Waals surface area contributed by atoms with Crippen molar-refractivity contribution in [3.05, 3.63) is 24.0 Å². The van der Waals surface area contributed by atoms with Crippen molar-refractivity contribution in [3.63, 3.8) is 0 Å². The Morgan fingerprint density at radius 1 is 1.31 bits per heavy atom. The summed E-state index contributed by atoms with van der Waals surface area (Å²) in [7, 11) is -0.521. The standard InChI is InChI=1S/C18H25N3O4S/c1-4-21-16-10-9-14(26(23,24)20(2)3)11-15(16)19-17(21)12-25-18(22)13-7-5-6-8-13/h9-11,13H,4-8,12H2,1-3H3. The molecule has 3 rings (SSSR count). The van der Waals surface area contributed by atoms with Gasteiger partial charge in [0.2, 0.25) is 10.0 Å². The summed E-state index contributed by atoms with van der Waals surface area (Å²) in [5.74, 6) is 0.479. The molecular weight excluding hydrogens is 354 g/mol. The first-order chi connectivity index (χ1) is 12.3. The third kappa shape index (κ3) is 3.48. The van der Waals surface area contributed by atoms with Crippen molar-refractivity contribution < 1.29 is 17.9 Å². The van der Waals surface area contributed by atoms with Crippen LogP contribution in [0.25, 0.3) is 11.0 Å². The number of hydrogen-bond donors (Lipinski definition) is 0. The average molecular weight is 379 g/mol. The number of carbonyl (C=O) groups excluding carboxylic acids is 1. The smallest absolute Gasteiger partial charge is 0.309 e. The van der Waals surface area contributed by atoms with Gasteiger partial charge < -0.3 is 9.30 Å². The van der Waals surface area contributed by atoms with E-state index < -0.39 is 10.0 Å². The Morgan fingerprint density at radius 3 is 2.62 bits per heavy atom. The van der Waals surface area contributed by atoms with Crippen LogP contribution in [0.5, 0.6) is 0 Å². The molecule has 0 aliphatic heterocycles. The number of aryl methyl sites for hydroxylation is 1. The molecule has 0 N–H and O–H groups in total. The van der Waals surface area contributed by atoms with Crippen molar-refractivity contribution in [2.24, 2.45) is 5.92 Å². The molecular formula is C18H25N3O4S. The van der Waals surface area contributed by atoms with Gasteiger partial charge in [0.25, 0.3) is 0 Å². The van der Waals surface area contributed by atoms with Gasteiger partial charge in [-0.15, -0.1) is 0 Å². The van der Waals surface area contributed by atoms with Crippen molar-refractivity contribution in [3.8, 4) is 0 Å². The van der Waals surface area contributed by atoms with Gasteiger partial charge in [-0.3, -0.25) is 4.79 Å². The number of ether oxygens (including phenoxy) is 1. The fraction of sp³-hybridized carbons (Fsp3) is 0.556. The first kappa shape index (κ1) is 18.8. The van der Waals surface area contributed by atoms with E-state index in [0.717, 1.165) is 31.2 Å². The molecule has 1 aromatic carbocycles. The van der Waals surface area contributed by atoms with Gasteiger partial charge in [0, 0.05) is 20.6 Å². The quantitative estimate of drug-likeness (QED) is 0.721. The molecule has 0 saturated heterocycles. The van der Waals surface area contributed by atoms with Crippen LogP contribution in [-0.2, 0) is 32.7 Å². The van der Waals surface area contributed by atoms with E-state index in [0.29, 0.717) is 17.9 Å². The molecule has 0 atom stereocenters. The predicted molar refractivity (Wildman–Crippen MR) is 98.0 cm³/mol. The Labute approximate surface area is 154 Å². The van der Waals surface area contributed by atoms with Crippen LogP contribution >= 0.6 is 0 Å². The van der Waals surface area contributed by atoms with Gasteiger partial charge in [0.15, 0.2) is 0 Å². The van der Waals surface area contributed by atoms with E-state index in [4.69, 9.17) is 4.74 Å². The van der Waals surface area contributed by atoms with Crippen LogP contribution in [0.2, 0.25) is 0 Å². The SMILES string of the molecule is CCn1c(COC(=O)C2CCCC2)nc2cc(S(=O)(=O)N(C)C)ccc21. The van der Waals surface area contributed by atoms with Crippen molar-refractivity contribution in [1.82, 2.24) is 13.9 Å². The Morgan fingerprint density at radius 2 is 2.00 bits per heavy atom. The minimum Gasteiger partial charge on any atom is -0.457 e. The van der Waals surface area contributed by atoms with Crippen molar-refractivity contribution >= 4 is 27.0 Å². The number of carbonyl (C=O) groups is 1. The molecule has 0 radical (unpaired) electrons. The first-order valence-electron chi connectivity index (χ1n) is 8.93. The molecule has 1 aliphatic rings. The number of benzene rings is 1. The van der Waals surface area contributed by atoms with E-state index >= 15 is 0 Å². The van der Waals surface area contributed by atoms with Crippen molar-refractivity contribution in [2.45, 2.75) is 50.7 Å². The Balaban J connectivity index is 1.87. The van der Waals surface area contributed by atoms with Gasteiger partial charge in [0.05, 0.1) is 21.8 Å². The summed E-state index contributed by atoms with van der Waals surface area (Å²) in [6, 6.07) is 4.91. The molecule has 1 saturated carbocycles. The fourth-order valence-electron chi connectivity index (χ4n) is 3.41. The van der Waals surface area contributed by atoms with Gasteiger partial charge in [-0.2, -0.15) is 0 Å². The number of sulfonamides is 1. The van der Waals surface area contributed by atoms with Crippen LogP contribution in [-0.4, -0.2) is 42.3 Å². The summed E-state index contributed by atoms with van der Waals surface area (Å²) in [5.41, 5.74) is 1.42. The zero-order valence-electron chi connectivity index (χ0n) is 15.4. The molecule has 1 heterocycles. The van der Waals surface area contributed by atoms with Crippen LogP contribution in [0, 0.1) is 5.92 Å². The molecule has 0 spiro atoms. The molecule has 1 aliphatic carbocycles. The molecule has 0 bridgehead atoms. The van der Waals surface area contributed by atoms with Crippen LogP contribution in [0.3, 0.4) is 0 Å². The highest BCUT2D eigenvalue weighted by Gasteiger charge is 2.25. The second-order valence-corrected chi connectivity index (χ2v) is 8.95. The number of fused-ring (bicyclic) bond motifs is 1. The number of aromatic nitrogens is 2. The maximum Gasteiger partial charge on any atom is 0.309 e. The molecule has 26 heavy (non-hydrogen) atoms. The average Bonchev–Trinajstić information content (AvgIpc) is 3.26. The monoisotopic (exact) mass is 379 g/mol. The normalized spacial score (nSPS) is 15.8. The minimum absolute atomic E-state index is 0.00583. The topological polar surface area (TPSA) is 81.5 Å². The van der Waals surface area contributed by atoms with E-state index in [1.54, 1.807) is 18.2 Å². The lowest BCUT2D eigenvalue weighted by molar-refractivity contribution is -0.150. The highest BCUT2D eigenvalue weighted by Crippen LogP contribution is 2.27. The third-order valence-corrected chi connectivity index (χ3v) is 6.74. The summed E-state index contributed by atoms with van der Waals surface area (Å²) < 4.78 is 33.2. The second-order valence-electron chi connectivity index (χ2n) is 6.80. The summed E-state index contributed by atoms with van der Waals surface area (Å²) in [4.78, 5) is 16.9. The van der Waals surface area contributed by atoms with Crippen molar-refractivity contribution in [2.75, 3.05) is 14.1 Å². The highest BCUT2D eigenvalue weighted by atomic mass is 32.2. The molecule has 7 nitrogen and oxygen atoms in total. The number of esters is 1. The van der Waals surface area contributed by atoms with Gasteiger partial charge >= 0.3 is 5.97 Å². The van der Waals surface area contributed by atoms with Gasteiger partial charge in [-0.05, 0) is 38.0 Å². The van der Waals surface area contributed by atoms with Crippen LogP contribution in [0.15, 0.2) is 23.1 Å². The Kier molecular flexibility index (Phi) is 5.34. The Hall–Kier alpha value is -1.93. The lowest BCUT2D eigenvalue weighted by atomic mass is 10.1. The van der Waals surface area contributed by atoms with E-state index in [1.165, 1.54) is 18.4 Å². The number of hydrogen-bond acceptors (Lipinski definition) is 5. The molecule has 1 aromatic heterocycles. The maximum absolute atomic E-state index is 12.3. The summed E-state index contributed by atoms with van der Waals surface area (Å²) in [6.07, 6.45) is 3.95. The zero-order chi connectivity index (χ0) is 18.9. The molecule has 0 amide bonds. The van der Waals surface area contributed by atoms with E-state index in [1.807, 2.05) is 11.5 Å². The second kappa shape index (κ2) is 7.36. The number of imidazole rings is 1. The van der Waals surface area contributed by atoms with Crippen LogP contribution in [0.1, 0.15) is 38.4 Å². The van der Waals surface area contributed by atoms with Crippen LogP contribution < -0.4 is 0 Å². The molecule has 0 unspecified atom stereocenters. The third-order valence-electron chi connectivity index (χ3n) is 4.93. The maximum atomic E-state index is 12.3. The summed E-state index contributed by atoms with van der Waals surface area (Å²) >= 11 is 0.